The number of ether oxygens (including phenoxy) is 1. The highest BCUT2D eigenvalue weighted by Gasteiger charge is 2.02. The zero-order valence-electron chi connectivity index (χ0n) is 11.3. The number of hydrogen-bond donors (Lipinski definition) is 0. The van der Waals surface area contributed by atoms with E-state index in [1.54, 1.807) is 19.6 Å². The molecule has 0 unspecified atom stereocenters. The van der Waals surface area contributed by atoms with Crippen molar-refractivity contribution >= 4 is 0 Å². The molecule has 0 spiro atoms. The lowest BCUT2D eigenvalue weighted by atomic mass is 10.1. The number of hydrogen-bond acceptors (Lipinski definition) is 3. The van der Waals surface area contributed by atoms with Gasteiger partial charge in [0.05, 0.1) is 25.7 Å². The van der Waals surface area contributed by atoms with E-state index in [1.807, 2.05) is 27.8 Å². The Morgan fingerprint density at radius 2 is 2.00 bits per heavy atom. The molecule has 0 saturated heterocycles. The van der Waals surface area contributed by atoms with Gasteiger partial charge in [0.25, 0.3) is 0 Å². The lowest BCUT2D eigenvalue weighted by molar-refractivity contribution is 0.183. The highest BCUT2D eigenvalue weighted by molar-refractivity contribution is 5.63. The van der Waals surface area contributed by atoms with E-state index in [-0.39, 0.29) is 0 Å². The minimum Gasteiger partial charge on any atom is -0.383 e. The van der Waals surface area contributed by atoms with Crippen LogP contribution >= 0.6 is 0 Å². The Bertz CT molecular complexity index is 656. The van der Waals surface area contributed by atoms with Gasteiger partial charge < -0.3 is 9.30 Å². The van der Waals surface area contributed by atoms with E-state index >= 15 is 0 Å². The maximum atomic E-state index is 5.05. The molecule has 0 atom stereocenters. The molecule has 1 aromatic carbocycles. The predicted molar refractivity (Wildman–Crippen MR) is 76.7 cm³/mol. The first-order valence-corrected chi connectivity index (χ1v) is 6.47. The minimum absolute atomic E-state index is 0.667. The number of aromatic nitrogens is 4. The Hall–Kier alpha value is -2.40. The second-order valence-electron chi connectivity index (χ2n) is 4.50. The third kappa shape index (κ3) is 2.62. The largest absolute Gasteiger partial charge is 0.383 e. The summed E-state index contributed by atoms with van der Waals surface area (Å²) in [4.78, 5) is 4.05. The van der Waals surface area contributed by atoms with Gasteiger partial charge in [0.2, 0.25) is 0 Å². The van der Waals surface area contributed by atoms with Crippen molar-refractivity contribution in [3.63, 3.8) is 0 Å². The molecule has 5 nitrogen and oxygen atoms in total. The molecule has 2 aromatic heterocycles. The van der Waals surface area contributed by atoms with Gasteiger partial charge in [-0.1, -0.05) is 12.1 Å². The van der Waals surface area contributed by atoms with Gasteiger partial charge in [-0.3, -0.25) is 4.68 Å². The monoisotopic (exact) mass is 268 g/mol. The molecule has 0 saturated carbocycles. The van der Waals surface area contributed by atoms with Crippen molar-refractivity contribution in [3.8, 4) is 16.8 Å². The van der Waals surface area contributed by atoms with E-state index < -0.39 is 0 Å². The molecule has 3 aromatic rings. The molecule has 5 heteroatoms. The van der Waals surface area contributed by atoms with Crippen molar-refractivity contribution in [2.24, 2.45) is 0 Å². The lowest BCUT2D eigenvalue weighted by Crippen LogP contribution is -2.03. The van der Waals surface area contributed by atoms with Crippen molar-refractivity contribution in [3.05, 3.63) is 55.4 Å². The first-order chi connectivity index (χ1) is 9.86. The van der Waals surface area contributed by atoms with Gasteiger partial charge in [-0.05, 0) is 17.7 Å². The summed E-state index contributed by atoms with van der Waals surface area (Å²) in [5.74, 6) is 0. The fourth-order valence-corrected chi connectivity index (χ4v) is 2.06. The predicted octanol–water partition coefficient (Wildman–Crippen LogP) is 2.38. The second kappa shape index (κ2) is 5.71. The summed E-state index contributed by atoms with van der Waals surface area (Å²) in [5, 5.41) is 4.32. The molecule has 2 heterocycles. The number of rotatable bonds is 5. The fourth-order valence-electron chi connectivity index (χ4n) is 2.06. The summed E-state index contributed by atoms with van der Waals surface area (Å²) in [6.45, 7) is 1.43. The summed E-state index contributed by atoms with van der Waals surface area (Å²) in [6, 6.07) is 8.33. The topological polar surface area (TPSA) is 44.9 Å². The van der Waals surface area contributed by atoms with Gasteiger partial charge in [0, 0.05) is 37.0 Å². The number of nitrogens with zero attached hydrogens (tertiary/aromatic N) is 4. The van der Waals surface area contributed by atoms with E-state index in [0.717, 1.165) is 23.4 Å². The van der Waals surface area contributed by atoms with E-state index in [9.17, 15) is 0 Å². The molecule has 0 aliphatic rings. The van der Waals surface area contributed by atoms with Gasteiger partial charge in [-0.15, -0.1) is 0 Å². The van der Waals surface area contributed by atoms with Crippen molar-refractivity contribution in [2.75, 3.05) is 13.7 Å². The number of imidazole rings is 1. The molecule has 102 valence electrons. The highest BCUT2D eigenvalue weighted by atomic mass is 16.5. The smallest absolute Gasteiger partial charge is 0.0991 e. The molecule has 20 heavy (non-hydrogen) atoms. The molecule has 0 radical (unpaired) electrons. The molecule has 0 amide bonds. The van der Waals surface area contributed by atoms with Crippen LogP contribution in [0, 0.1) is 0 Å². The number of benzene rings is 1. The molecule has 0 bridgehead atoms. The average molecular weight is 268 g/mol. The highest BCUT2D eigenvalue weighted by Crippen LogP contribution is 2.20. The summed E-state index contributed by atoms with van der Waals surface area (Å²) >= 11 is 0. The lowest BCUT2D eigenvalue weighted by Gasteiger charge is -2.03. The first kappa shape index (κ1) is 12.6. The van der Waals surface area contributed by atoms with Crippen LogP contribution in [-0.4, -0.2) is 33.0 Å². The van der Waals surface area contributed by atoms with Gasteiger partial charge in [-0.2, -0.15) is 5.10 Å². The maximum absolute atomic E-state index is 5.05. The Kier molecular flexibility index (Phi) is 3.60. The van der Waals surface area contributed by atoms with Crippen LogP contribution in [0.3, 0.4) is 0 Å². The second-order valence-corrected chi connectivity index (χ2v) is 4.50. The van der Waals surface area contributed by atoms with Crippen molar-refractivity contribution < 1.29 is 4.74 Å². The van der Waals surface area contributed by atoms with Crippen molar-refractivity contribution in [1.82, 2.24) is 19.3 Å². The molecule has 0 fully saturated rings. The standard InChI is InChI=1S/C15H16N4O/c1-20-9-8-19-11-14(10-17-19)13-2-4-15(5-3-13)18-7-6-16-12-18/h2-7,10-12H,8-9H2,1H3. The quantitative estimate of drug-likeness (QED) is 0.713. The van der Waals surface area contributed by atoms with Crippen molar-refractivity contribution in [1.29, 1.82) is 0 Å². The van der Waals surface area contributed by atoms with Crippen LogP contribution in [0.5, 0.6) is 0 Å². The third-order valence-corrected chi connectivity index (χ3v) is 3.16. The fraction of sp³-hybridized carbons (Fsp3) is 0.200. The van der Waals surface area contributed by atoms with Crippen LogP contribution in [0.1, 0.15) is 0 Å². The van der Waals surface area contributed by atoms with Crippen LogP contribution < -0.4 is 0 Å². The minimum atomic E-state index is 0.667. The van der Waals surface area contributed by atoms with E-state index in [1.165, 1.54) is 0 Å². The normalized spacial score (nSPS) is 10.8. The van der Waals surface area contributed by atoms with Gasteiger partial charge in [-0.25, -0.2) is 4.98 Å². The van der Waals surface area contributed by atoms with Crippen LogP contribution in [0.2, 0.25) is 0 Å². The molecular formula is C15H16N4O. The summed E-state index contributed by atoms with van der Waals surface area (Å²) < 4.78 is 8.92. The van der Waals surface area contributed by atoms with E-state index in [2.05, 4.69) is 34.3 Å². The SMILES string of the molecule is COCCn1cc(-c2ccc(-n3ccnc3)cc2)cn1. The van der Waals surface area contributed by atoms with Gasteiger partial charge >= 0.3 is 0 Å². The zero-order valence-corrected chi connectivity index (χ0v) is 11.3. The van der Waals surface area contributed by atoms with Crippen molar-refractivity contribution in [2.45, 2.75) is 6.54 Å². The van der Waals surface area contributed by atoms with Crippen LogP contribution in [0.4, 0.5) is 0 Å². The summed E-state index contributed by atoms with van der Waals surface area (Å²) in [5.41, 5.74) is 3.36. The van der Waals surface area contributed by atoms with E-state index in [0.29, 0.717) is 6.61 Å². The molecular weight excluding hydrogens is 252 g/mol. The Labute approximate surface area is 117 Å². The van der Waals surface area contributed by atoms with Crippen LogP contribution in [0.15, 0.2) is 55.4 Å². The summed E-state index contributed by atoms with van der Waals surface area (Å²) in [6.07, 6.45) is 9.40. The molecule has 3 rings (SSSR count). The van der Waals surface area contributed by atoms with Crippen LogP contribution in [0.25, 0.3) is 16.8 Å². The number of methoxy groups -OCH3 is 1. The maximum Gasteiger partial charge on any atom is 0.0991 e. The summed E-state index contributed by atoms with van der Waals surface area (Å²) in [7, 11) is 1.69. The molecule has 0 aliphatic heterocycles. The van der Waals surface area contributed by atoms with E-state index in [4.69, 9.17) is 4.74 Å². The Balaban J connectivity index is 1.79. The molecule has 0 N–H and O–H groups in total. The average Bonchev–Trinajstić information content (AvgIpc) is 3.17. The van der Waals surface area contributed by atoms with Gasteiger partial charge in [0.1, 0.15) is 0 Å². The zero-order chi connectivity index (χ0) is 13.8. The van der Waals surface area contributed by atoms with Crippen LogP contribution in [-0.2, 0) is 11.3 Å². The Morgan fingerprint density at radius 3 is 2.70 bits per heavy atom. The Morgan fingerprint density at radius 1 is 1.15 bits per heavy atom. The molecule has 0 aliphatic carbocycles. The third-order valence-electron chi connectivity index (χ3n) is 3.16. The first-order valence-electron chi connectivity index (χ1n) is 6.47. The van der Waals surface area contributed by atoms with Gasteiger partial charge in [0.15, 0.2) is 0 Å².